The van der Waals surface area contributed by atoms with Crippen LogP contribution in [0, 0.1) is 6.92 Å². The van der Waals surface area contributed by atoms with Gasteiger partial charge in [-0.1, -0.05) is 74.5 Å². The summed E-state index contributed by atoms with van der Waals surface area (Å²) >= 11 is 0. The van der Waals surface area contributed by atoms with E-state index in [1.807, 2.05) is 54.9 Å². The molecule has 6 nitrogen and oxygen atoms in total. The highest BCUT2D eigenvalue weighted by Gasteiger charge is 2.15. The highest BCUT2D eigenvalue weighted by Crippen LogP contribution is 2.32. The van der Waals surface area contributed by atoms with Crippen molar-refractivity contribution in [3.05, 3.63) is 96.2 Å². The average molecular weight is 427 g/mol. The van der Waals surface area contributed by atoms with E-state index in [0.717, 1.165) is 39.0 Å². The molecular formula is C26H26N4O2. The van der Waals surface area contributed by atoms with Crippen LogP contribution in [0.2, 0.25) is 0 Å². The van der Waals surface area contributed by atoms with E-state index in [1.54, 1.807) is 0 Å². The summed E-state index contributed by atoms with van der Waals surface area (Å²) in [5.74, 6) is 1.37. The molecule has 0 fully saturated rings. The molecule has 0 saturated heterocycles. The Hall–Kier alpha value is -3.93. The molecule has 2 heterocycles. The molecule has 162 valence electrons. The van der Waals surface area contributed by atoms with Gasteiger partial charge in [0.25, 0.3) is 0 Å². The van der Waals surface area contributed by atoms with E-state index in [1.165, 1.54) is 6.39 Å². The number of para-hydroxylation sites is 1. The van der Waals surface area contributed by atoms with Gasteiger partial charge in [-0.25, -0.2) is 0 Å². The molecule has 0 aliphatic heterocycles. The molecule has 0 saturated carbocycles. The predicted molar refractivity (Wildman–Crippen MR) is 125 cm³/mol. The molecule has 0 aliphatic carbocycles. The summed E-state index contributed by atoms with van der Waals surface area (Å²) in [4.78, 5) is 0. The first-order chi connectivity index (χ1) is 15.8. The normalized spacial score (nSPS) is 10.6. The molecule has 32 heavy (non-hydrogen) atoms. The standard InChI is InChI=1S/C24H20N4O2.C2H6/c1-17-11-12-19(13-22(17)29-15-18-7-3-2-4-8-18)24-20-9-5-6-10-21(20)28(27-24)14-23-26-25-16-30-23;1-2/h2-13,16H,14-15H2,1H3;1-2H3. The summed E-state index contributed by atoms with van der Waals surface area (Å²) in [5.41, 5.74) is 5.14. The van der Waals surface area contributed by atoms with Gasteiger partial charge in [0.1, 0.15) is 24.6 Å². The third-order valence-corrected chi connectivity index (χ3v) is 5.05. The maximum Gasteiger partial charge on any atom is 0.237 e. The molecule has 0 aliphatic rings. The van der Waals surface area contributed by atoms with E-state index in [4.69, 9.17) is 14.3 Å². The minimum Gasteiger partial charge on any atom is -0.489 e. The first kappa shape index (κ1) is 21.3. The SMILES string of the molecule is CC.Cc1ccc(-c2nn(Cc3nnco3)c3ccccc23)cc1OCc1ccccc1. The van der Waals surface area contributed by atoms with Crippen molar-refractivity contribution in [2.45, 2.75) is 33.9 Å². The highest BCUT2D eigenvalue weighted by molar-refractivity contribution is 5.93. The summed E-state index contributed by atoms with van der Waals surface area (Å²) in [7, 11) is 0. The number of aryl methyl sites for hydroxylation is 1. The molecule has 0 bridgehead atoms. The van der Waals surface area contributed by atoms with Gasteiger partial charge in [0.05, 0.1) is 5.52 Å². The largest absolute Gasteiger partial charge is 0.489 e. The lowest BCUT2D eigenvalue weighted by Crippen LogP contribution is -2.02. The number of hydrogen-bond donors (Lipinski definition) is 0. The Morgan fingerprint density at radius 3 is 2.50 bits per heavy atom. The van der Waals surface area contributed by atoms with Gasteiger partial charge in [-0.15, -0.1) is 10.2 Å². The second-order valence-electron chi connectivity index (χ2n) is 7.11. The lowest BCUT2D eigenvalue weighted by Gasteiger charge is -2.11. The Morgan fingerprint density at radius 2 is 1.72 bits per heavy atom. The molecule has 0 amide bonds. The van der Waals surface area contributed by atoms with Crippen molar-refractivity contribution in [3.63, 3.8) is 0 Å². The van der Waals surface area contributed by atoms with Gasteiger partial charge in [0, 0.05) is 10.9 Å². The number of hydrogen-bond acceptors (Lipinski definition) is 5. The van der Waals surface area contributed by atoms with Gasteiger partial charge < -0.3 is 9.15 Å². The second-order valence-corrected chi connectivity index (χ2v) is 7.11. The number of rotatable bonds is 6. The van der Waals surface area contributed by atoms with Crippen molar-refractivity contribution in [3.8, 4) is 17.0 Å². The van der Waals surface area contributed by atoms with Gasteiger partial charge >= 0.3 is 0 Å². The molecular weight excluding hydrogens is 400 g/mol. The van der Waals surface area contributed by atoms with Crippen molar-refractivity contribution < 1.29 is 9.15 Å². The molecule has 0 unspecified atom stereocenters. The van der Waals surface area contributed by atoms with Gasteiger partial charge in [-0.05, 0) is 30.2 Å². The van der Waals surface area contributed by atoms with Crippen LogP contribution >= 0.6 is 0 Å². The molecule has 2 aromatic heterocycles. The maximum absolute atomic E-state index is 6.12. The van der Waals surface area contributed by atoms with E-state index in [0.29, 0.717) is 19.0 Å². The van der Waals surface area contributed by atoms with Gasteiger partial charge in [-0.2, -0.15) is 5.10 Å². The molecule has 5 rings (SSSR count). The molecule has 5 aromatic rings. The van der Waals surface area contributed by atoms with Crippen molar-refractivity contribution in [1.82, 2.24) is 20.0 Å². The Kier molecular flexibility index (Phi) is 6.60. The van der Waals surface area contributed by atoms with E-state index in [2.05, 4.69) is 53.5 Å². The van der Waals surface area contributed by atoms with Crippen LogP contribution < -0.4 is 4.74 Å². The van der Waals surface area contributed by atoms with Crippen LogP contribution in [0.15, 0.2) is 83.6 Å². The van der Waals surface area contributed by atoms with Crippen LogP contribution in [0.5, 0.6) is 5.75 Å². The summed E-state index contributed by atoms with van der Waals surface area (Å²) in [6.07, 6.45) is 1.33. The van der Waals surface area contributed by atoms with Crippen LogP contribution in [-0.2, 0) is 13.2 Å². The van der Waals surface area contributed by atoms with Crippen molar-refractivity contribution >= 4 is 10.9 Å². The zero-order valence-electron chi connectivity index (χ0n) is 18.5. The van der Waals surface area contributed by atoms with Gasteiger partial charge in [-0.3, -0.25) is 4.68 Å². The van der Waals surface area contributed by atoms with Crippen LogP contribution in [-0.4, -0.2) is 20.0 Å². The average Bonchev–Trinajstić information content (AvgIpc) is 3.49. The van der Waals surface area contributed by atoms with E-state index >= 15 is 0 Å². The van der Waals surface area contributed by atoms with Crippen molar-refractivity contribution in [1.29, 1.82) is 0 Å². The minimum absolute atomic E-state index is 0.420. The minimum atomic E-state index is 0.420. The van der Waals surface area contributed by atoms with Crippen LogP contribution in [0.3, 0.4) is 0 Å². The smallest absolute Gasteiger partial charge is 0.237 e. The zero-order chi connectivity index (χ0) is 22.3. The van der Waals surface area contributed by atoms with Crippen LogP contribution in [0.25, 0.3) is 22.2 Å². The molecule has 0 radical (unpaired) electrons. The Labute approximate surface area is 187 Å². The van der Waals surface area contributed by atoms with Crippen molar-refractivity contribution in [2.24, 2.45) is 0 Å². The van der Waals surface area contributed by atoms with Crippen LogP contribution in [0.1, 0.15) is 30.9 Å². The monoisotopic (exact) mass is 426 g/mol. The van der Waals surface area contributed by atoms with Gasteiger partial charge in [0.15, 0.2) is 0 Å². The fourth-order valence-corrected chi connectivity index (χ4v) is 3.49. The third-order valence-electron chi connectivity index (χ3n) is 5.05. The zero-order valence-corrected chi connectivity index (χ0v) is 18.5. The number of aromatic nitrogens is 4. The first-order valence-corrected chi connectivity index (χ1v) is 10.8. The van der Waals surface area contributed by atoms with Crippen molar-refractivity contribution in [2.75, 3.05) is 0 Å². The lowest BCUT2D eigenvalue weighted by atomic mass is 10.1. The highest BCUT2D eigenvalue weighted by atomic mass is 16.5. The molecule has 3 aromatic carbocycles. The number of fused-ring (bicyclic) bond motifs is 1. The fraction of sp³-hybridized carbons (Fsp3) is 0.192. The number of ether oxygens (including phenoxy) is 1. The molecule has 6 heteroatoms. The molecule has 0 atom stereocenters. The van der Waals surface area contributed by atoms with Gasteiger partial charge in [0.2, 0.25) is 12.3 Å². The van der Waals surface area contributed by atoms with E-state index in [9.17, 15) is 0 Å². The summed E-state index contributed by atoms with van der Waals surface area (Å²) < 4.78 is 13.3. The molecule has 0 N–H and O–H groups in total. The number of benzene rings is 3. The fourth-order valence-electron chi connectivity index (χ4n) is 3.49. The topological polar surface area (TPSA) is 66.0 Å². The number of nitrogens with zero attached hydrogens (tertiary/aromatic N) is 4. The first-order valence-electron chi connectivity index (χ1n) is 10.8. The Morgan fingerprint density at radius 1 is 0.938 bits per heavy atom. The predicted octanol–water partition coefficient (Wildman–Crippen LogP) is 6.05. The lowest BCUT2D eigenvalue weighted by molar-refractivity contribution is 0.304. The van der Waals surface area contributed by atoms with E-state index < -0.39 is 0 Å². The summed E-state index contributed by atoms with van der Waals surface area (Å²) in [6, 6.07) is 24.5. The van der Waals surface area contributed by atoms with E-state index in [-0.39, 0.29) is 0 Å². The Balaban J connectivity index is 0.00000119. The summed E-state index contributed by atoms with van der Waals surface area (Å²) in [6.45, 7) is 7.00. The quantitative estimate of drug-likeness (QED) is 0.331. The third kappa shape index (κ3) is 4.54. The molecule has 0 spiro atoms. The summed E-state index contributed by atoms with van der Waals surface area (Å²) in [5, 5.41) is 13.7. The van der Waals surface area contributed by atoms with Crippen LogP contribution in [0.4, 0.5) is 0 Å². The second kappa shape index (κ2) is 9.92. The Bertz CT molecular complexity index is 1280. The maximum atomic E-state index is 6.12.